The lowest BCUT2D eigenvalue weighted by Gasteiger charge is -2.36. The molecule has 1 heterocycles. The molecule has 0 aromatic heterocycles. The molecule has 1 aliphatic rings. The Morgan fingerprint density at radius 1 is 1.27 bits per heavy atom. The van der Waals surface area contributed by atoms with Crippen molar-refractivity contribution in [2.75, 3.05) is 29.5 Å². The van der Waals surface area contributed by atoms with Gasteiger partial charge in [-0.3, -0.25) is 0 Å². The lowest BCUT2D eigenvalue weighted by atomic mass is 10.2. The van der Waals surface area contributed by atoms with Gasteiger partial charge in [0.15, 0.2) is 0 Å². The fourth-order valence-corrected chi connectivity index (χ4v) is 2.48. The molecule has 0 aliphatic carbocycles. The molecular formula is C10H14N2O2S. The highest BCUT2D eigenvalue weighted by Gasteiger charge is 2.31. The van der Waals surface area contributed by atoms with Crippen LogP contribution in [-0.2, 0) is 0 Å². The second-order valence-corrected chi connectivity index (χ2v) is 4.96. The average molecular weight is 226 g/mol. The van der Waals surface area contributed by atoms with E-state index in [4.69, 9.17) is 5.73 Å². The summed E-state index contributed by atoms with van der Waals surface area (Å²) in [6.45, 7) is 1.04. The van der Waals surface area contributed by atoms with Gasteiger partial charge < -0.3 is 20.8 Å². The number of benzene rings is 1. The molecule has 1 aromatic rings. The van der Waals surface area contributed by atoms with Gasteiger partial charge in [0.25, 0.3) is 0 Å². The van der Waals surface area contributed by atoms with Gasteiger partial charge in [-0.25, -0.2) is 0 Å². The van der Waals surface area contributed by atoms with Gasteiger partial charge in [-0.05, 0) is 24.3 Å². The number of nitrogens with two attached hydrogens (primary N) is 1. The Kier molecular flexibility index (Phi) is 2.77. The molecular weight excluding hydrogens is 212 g/mol. The highest BCUT2D eigenvalue weighted by Crippen LogP contribution is 2.28. The molecule has 1 saturated heterocycles. The molecule has 1 aliphatic heterocycles. The third kappa shape index (κ3) is 2.56. The molecule has 4 nitrogen and oxygen atoms in total. The standard InChI is InChI=1S/C10H14N2O2S/c11-8-1-3-9(4-2-8)12-5-6-15-10(13,14)7-12/h1-4,13-14H,5-7,11H2. The number of nitrogen functional groups attached to an aromatic ring is 1. The van der Waals surface area contributed by atoms with Crippen molar-refractivity contribution >= 4 is 23.1 Å². The van der Waals surface area contributed by atoms with Crippen molar-refractivity contribution in [2.24, 2.45) is 0 Å². The van der Waals surface area contributed by atoms with Crippen molar-refractivity contribution < 1.29 is 10.2 Å². The molecule has 0 amide bonds. The van der Waals surface area contributed by atoms with E-state index >= 15 is 0 Å². The van der Waals surface area contributed by atoms with Crippen LogP contribution in [0, 0.1) is 0 Å². The first kappa shape index (κ1) is 10.6. The van der Waals surface area contributed by atoms with E-state index in [2.05, 4.69) is 0 Å². The van der Waals surface area contributed by atoms with Crippen LogP contribution in [0.15, 0.2) is 24.3 Å². The Hall–Kier alpha value is -0.910. The van der Waals surface area contributed by atoms with Crippen molar-refractivity contribution in [3.63, 3.8) is 0 Å². The molecule has 1 fully saturated rings. The average Bonchev–Trinajstić information content (AvgIpc) is 2.17. The smallest absolute Gasteiger partial charge is 0.231 e. The number of aliphatic hydroxyl groups is 2. The monoisotopic (exact) mass is 226 g/mol. The first-order valence-corrected chi connectivity index (χ1v) is 5.75. The maximum Gasteiger partial charge on any atom is 0.231 e. The van der Waals surface area contributed by atoms with Crippen LogP contribution in [0.25, 0.3) is 0 Å². The lowest BCUT2D eigenvalue weighted by molar-refractivity contribution is -0.0698. The minimum Gasteiger partial charge on any atom is -0.399 e. The van der Waals surface area contributed by atoms with E-state index < -0.39 is 5.12 Å². The van der Waals surface area contributed by atoms with Crippen molar-refractivity contribution in [1.82, 2.24) is 0 Å². The second-order valence-electron chi connectivity index (χ2n) is 3.60. The van der Waals surface area contributed by atoms with E-state index in [0.29, 0.717) is 11.4 Å². The summed E-state index contributed by atoms with van der Waals surface area (Å²) in [5.74, 6) is 0.706. The minimum absolute atomic E-state index is 0.224. The van der Waals surface area contributed by atoms with Crippen LogP contribution in [0.5, 0.6) is 0 Å². The molecule has 82 valence electrons. The van der Waals surface area contributed by atoms with Gasteiger partial charge >= 0.3 is 0 Å². The number of hydrogen-bond acceptors (Lipinski definition) is 5. The Labute approximate surface area is 92.7 Å². The van der Waals surface area contributed by atoms with E-state index in [-0.39, 0.29) is 6.54 Å². The Morgan fingerprint density at radius 2 is 1.93 bits per heavy atom. The maximum atomic E-state index is 9.51. The van der Waals surface area contributed by atoms with E-state index in [1.165, 1.54) is 11.8 Å². The predicted octanol–water partition coefficient (Wildman–Crippen LogP) is 0.460. The van der Waals surface area contributed by atoms with Crippen LogP contribution in [0.2, 0.25) is 0 Å². The summed E-state index contributed by atoms with van der Waals surface area (Å²) in [4.78, 5) is 1.94. The molecule has 0 unspecified atom stereocenters. The number of rotatable bonds is 1. The van der Waals surface area contributed by atoms with Crippen molar-refractivity contribution in [1.29, 1.82) is 0 Å². The van der Waals surface area contributed by atoms with Crippen LogP contribution in [0.4, 0.5) is 11.4 Å². The Balaban J connectivity index is 2.13. The summed E-state index contributed by atoms with van der Waals surface area (Å²) >= 11 is 1.17. The summed E-state index contributed by atoms with van der Waals surface area (Å²) in [6.07, 6.45) is 0. The zero-order valence-electron chi connectivity index (χ0n) is 8.26. The Morgan fingerprint density at radius 3 is 2.53 bits per heavy atom. The van der Waals surface area contributed by atoms with Gasteiger partial charge in [0, 0.05) is 23.7 Å². The maximum absolute atomic E-state index is 9.51. The molecule has 0 spiro atoms. The second kappa shape index (κ2) is 3.92. The van der Waals surface area contributed by atoms with Crippen molar-refractivity contribution in [2.45, 2.75) is 5.12 Å². The first-order valence-electron chi connectivity index (χ1n) is 4.76. The predicted molar refractivity (Wildman–Crippen MR) is 62.7 cm³/mol. The molecule has 15 heavy (non-hydrogen) atoms. The summed E-state index contributed by atoms with van der Waals surface area (Å²) in [7, 11) is 0. The third-order valence-corrected chi connectivity index (χ3v) is 3.33. The Bertz CT molecular complexity index is 340. The van der Waals surface area contributed by atoms with Crippen LogP contribution >= 0.6 is 11.8 Å². The minimum atomic E-state index is -1.64. The highest BCUT2D eigenvalue weighted by atomic mass is 32.2. The molecule has 5 heteroatoms. The van der Waals surface area contributed by atoms with E-state index in [0.717, 1.165) is 12.2 Å². The summed E-state index contributed by atoms with van der Waals surface area (Å²) in [5, 5.41) is 17.4. The molecule has 0 radical (unpaired) electrons. The largest absolute Gasteiger partial charge is 0.399 e. The fraction of sp³-hybridized carbons (Fsp3) is 0.400. The van der Waals surface area contributed by atoms with Crippen LogP contribution in [-0.4, -0.2) is 34.2 Å². The summed E-state index contributed by atoms with van der Waals surface area (Å²) < 4.78 is 0. The van der Waals surface area contributed by atoms with Crippen molar-refractivity contribution in [3.8, 4) is 0 Å². The number of β-amino-alcohol motifs (C(OH)–C–C–N with tert-alkyl or cyclic N) is 2. The van der Waals surface area contributed by atoms with Crippen molar-refractivity contribution in [3.05, 3.63) is 24.3 Å². The first-order chi connectivity index (χ1) is 7.07. The van der Waals surface area contributed by atoms with E-state index in [1.807, 2.05) is 29.2 Å². The molecule has 0 bridgehead atoms. The van der Waals surface area contributed by atoms with Crippen LogP contribution in [0.3, 0.4) is 0 Å². The third-order valence-electron chi connectivity index (χ3n) is 2.35. The number of anilines is 2. The summed E-state index contributed by atoms with van der Waals surface area (Å²) in [5.41, 5.74) is 7.27. The SMILES string of the molecule is Nc1ccc(N2CCSC(O)(O)C2)cc1. The zero-order valence-corrected chi connectivity index (χ0v) is 9.07. The van der Waals surface area contributed by atoms with E-state index in [9.17, 15) is 10.2 Å². The normalized spacial score (nSPS) is 20.3. The molecule has 4 N–H and O–H groups in total. The molecule has 1 aromatic carbocycles. The number of nitrogens with zero attached hydrogens (tertiary/aromatic N) is 1. The van der Waals surface area contributed by atoms with Crippen LogP contribution < -0.4 is 10.6 Å². The highest BCUT2D eigenvalue weighted by molar-refractivity contribution is 8.00. The van der Waals surface area contributed by atoms with Gasteiger partial charge in [-0.15, -0.1) is 0 Å². The number of hydrogen-bond donors (Lipinski definition) is 3. The summed E-state index contributed by atoms with van der Waals surface area (Å²) in [6, 6.07) is 7.41. The van der Waals surface area contributed by atoms with Gasteiger partial charge in [0.05, 0.1) is 6.54 Å². The zero-order chi connectivity index (χ0) is 10.9. The van der Waals surface area contributed by atoms with Gasteiger partial charge in [0.2, 0.25) is 5.12 Å². The quantitative estimate of drug-likeness (QED) is 0.479. The van der Waals surface area contributed by atoms with E-state index in [1.54, 1.807) is 0 Å². The van der Waals surface area contributed by atoms with Gasteiger partial charge in [0.1, 0.15) is 0 Å². The topological polar surface area (TPSA) is 69.7 Å². The van der Waals surface area contributed by atoms with Gasteiger partial charge in [-0.1, -0.05) is 11.8 Å². The molecule has 0 atom stereocenters. The number of thioether (sulfide) groups is 1. The lowest BCUT2D eigenvalue weighted by Crippen LogP contribution is -2.46. The molecule has 0 saturated carbocycles. The van der Waals surface area contributed by atoms with Gasteiger partial charge in [-0.2, -0.15) is 0 Å². The molecule has 2 rings (SSSR count). The van der Waals surface area contributed by atoms with Crippen LogP contribution in [0.1, 0.15) is 0 Å². The fourth-order valence-electron chi connectivity index (χ4n) is 1.60.